The first-order valence-electron chi connectivity index (χ1n) is 8.80. The highest BCUT2D eigenvalue weighted by Gasteiger charge is 2.21. The largest absolute Gasteiger partial charge is 0.368 e. The molecule has 0 aromatic heterocycles. The van der Waals surface area contributed by atoms with Crippen LogP contribution in [0.5, 0.6) is 0 Å². The predicted molar refractivity (Wildman–Crippen MR) is 101 cm³/mol. The van der Waals surface area contributed by atoms with Crippen LogP contribution in [0.25, 0.3) is 0 Å². The molecule has 1 aromatic carbocycles. The van der Waals surface area contributed by atoms with Gasteiger partial charge in [-0.15, -0.1) is 0 Å². The molecule has 5 nitrogen and oxygen atoms in total. The van der Waals surface area contributed by atoms with Gasteiger partial charge in [-0.3, -0.25) is 0 Å². The zero-order valence-electron chi connectivity index (χ0n) is 15.8. The minimum atomic E-state index is 0.0552. The van der Waals surface area contributed by atoms with Crippen LogP contribution < -0.4 is 10.2 Å². The Hall–Kier alpha value is -1.75. The van der Waals surface area contributed by atoms with Crippen molar-refractivity contribution in [1.29, 1.82) is 0 Å². The SMILES string of the molecule is CN(C)CCNC(=O)N1CCN(c2ccc(C(C)(C)C)cc2)CC1. The van der Waals surface area contributed by atoms with Crippen LogP contribution >= 0.6 is 0 Å². The number of nitrogens with zero attached hydrogens (tertiary/aromatic N) is 3. The molecule has 1 aliphatic heterocycles. The van der Waals surface area contributed by atoms with Crippen molar-refractivity contribution in [2.75, 3.05) is 58.3 Å². The molecular formula is C19H32N4O. The lowest BCUT2D eigenvalue weighted by atomic mass is 9.87. The van der Waals surface area contributed by atoms with Crippen LogP contribution in [0.4, 0.5) is 10.5 Å². The molecular weight excluding hydrogens is 300 g/mol. The second kappa shape index (κ2) is 7.88. The molecule has 2 amide bonds. The second-order valence-corrected chi connectivity index (χ2v) is 7.81. The Kier molecular flexibility index (Phi) is 6.10. The molecule has 0 atom stereocenters. The molecule has 2 rings (SSSR count). The topological polar surface area (TPSA) is 38.8 Å². The third-order valence-corrected chi connectivity index (χ3v) is 4.50. The normalized spacial score (nSPS) is 15.8. The number of hydrogen-bond donors (Lipinski definition) is 1. The van der Waals surface area contributed by atoms with Crippen molar-refractivity contribution in [3.8, 4) is 0 Å². The van der Waals surface area contributed by atoms with Crippen molar-refractivity contribution >= 4 is 11.7 Å². The smallest absolute Gasteiger partial charge is 0.317 e. The third-order valence-electron chi connectivity index (χ3n) is 4.50. The van der Waals surface area contributed by atoms with Gasteiger partial charge in [-0.2, -0.15) is 0 Å². The van der Waals surface area contributed by atoms with Crippen molar-refractivity contribution < 1.29 is 4.79 Å². The van der Waals surface area contributed by atoms with E-state index in [1.807, 2.05) is 19.0 Å². The summed E-state index contributed by atoms with van der Waals surface area (Å²) in [5, 5.41) is 2.99. The minimum Gasteiger partial charge on any atom is -0.368 e. The first kappa shape index (κ1) is 18.6. The van der Waals surface area contributed by atoms with Crippen LogP contribution in [-0.2, 0) is 5.41 Å². The summed E-state index contributed by atoms with van der Waals surface area (Å²) in [7, 11) is 4.02. The Balaban J connectivity index is 1.83. The Morgan fingerprint density at radius 1 is 1.08 bits per heavy atom. The zero-order valence-corrected chi connectivity index (χ0v) is 15.8. The fraction of sp³-hybridized carbons (Fsp3) is 0.632. The summed E-state index contributed by atoms with van der Waals surface area (Å²) in [5.41, 5.74) is 2.78. The predicted octanol–water partition coefficient (Wildman–Crippen LogP) is 2.38. The molecule has 1 N–H and O–H groups in total. The average molecular weight is 332 g/mol. The third kappa shape index (κ3) is 5.13. The van der Waals surface area contributed by atoms with Gasteiger partial charge in [0.05, 0.1) is 0 Å². The second-order valence-electron chi connectivity index (χ2n) is 7.81. The van der Waals surface area contributed by atoms with Gasteiger partial charge in [-0.05, 0) is 37.2 Å². The van der Waals surface area contributed by atoms with Crippen LogP contribution in [-0.4, -0.2) is 69.2 Å². The number of benzene rings is 1. The standard InChI is InChI=1S/C19H32N4O/c1-19(2,3)16-6-8-17(9-7-16)22-12-14-23(15-13-22)18(24)20-10-11-21(4)5/h6-9H,10-15H2,1-5H3,(H,20,24). The highest BCUT2D eigenvalue weighted by Crippen LogP contribution is 2.25. The summed E-state index contributed by atoms with van der Waals surface area (Å²) in [6.07, 6.45) is 0. The molecule has 0 spiro atoms. The van der Waals surface area contributed by atoms with Crippen molar-refractivity contribution in [3.05, 3.63) is 29.8 Å². The number of rotatable bonds is 4. The van der Waals surface area contributed by atoms with Gasteiger partial charge < -0.3 is 20.0 Å². The Morgan fingerprint density at radius 3 is 2.17 bits per heavy atom. The molecule has 24 heavy (non-hydrogen) atoms. The highest BCUT2D eigenvalue weighted by molar-refractivity contribution is 5.74. The average Bonchev–Trinajstić information content (AvgIpc) is 2.54. The van der Waals surface area contributed by atoms with Gasteiger partial charge in [0.15, 0.2) is 0 Å². The maximum absolute atomic E-state index is 12.2. The maximum Gasteiger partial charge on any atom is 0.317 e. The van der Waals surface area contributed by atoms with Gasteiger partial charge in [0.1, 0.15) is 0 Å². The van der Waals surface area contributed by atoms with Gasteiger partial charge >= 0.3 is 6.03 Å². The van der Waals surface area contributed by atoms with E-state index >= 15 is 0 Å². The van der Waals surface area contributed by atoms with E-state index in [0.29, 0.717) is 6.54 Å². The fourth-order valence-electron chi connectivity index (χ4n) is 2.84. The lowest BCUT2D eigenvalue weighted by molar-refractivity contribution is 0.193. The molecule has 1 aliphatic rings. The summed E-state index contributed by atoms with van der Waals surface area (Å²) in [6.45, 7) is 11.6. The van der Waals surface area contributed by atoms with Crippen molar-refractivity contribution in [1.82, 2.24) is 15.1 Å². The van der Waals surface area contributed by atoms with Crippen LogP contribution in [0, 0.1) is 0 Å². The lowest BCUT2D eigenvalue weighted by Crippen LogP contribution is -2.52. The number of piperazine rings is 1. The van der Waals surface area contributed by atoms with E-state index < -0.39 is 0 Å². The quantitative estimate of drug-likeness (QED) is 0.920. The molecule has 0 aliphatic carbocycles. The first-order valence-corrected chi connectivity index (χ1v) is 8.80. The molecule has 1 saturated heterocycles. The van der Waals surface area contributed by atoms with Gasteiger partial charge in [-0.1, -0.05) is 32.9 Å². The maximum atomic E-state index is 12.2. The van der Waals surface area contributed by atoms with Gasteiger partial charge in [-0.25, -0.2) is 4.79 Å². The Bertz CT molecular complexity index is 525. The van der Waals surface area contributed by atoms with Gasteiger partial charge in [0, 0.05) is 45.0 Å². The van der Waals surface area contributed by atoms with Crippen molar-refractivity contribution in [2.24, 2.45) is 0 Å². The van der Waals surface area contributed by atoms with Crippen LogP contribution in [0.1, 0.15) is 26.3 Å². The molecule has 0 saturated carbocycles. The molecule has 1 fully saturated rings. The Labute approximate surface area is 146 Å². The number of hydrogen-bond acceptors (Lipinski definition) is 3. The number of urea groups is 1. The summed E-state index contributed by atoms with van der Waals surface area (Å²) >= 11 is 0. The first-order chi connectivity index (χ1) is 11.3. The number of amides is 2. The van der Waals surface area contributed by atoms with E-state index in [9.17, 15) is 4.79 Å². The fourth-order valence-corrected chi connectivity index (χ4v) is 2.84. The van der Waals surface area contributed by atoms with Gasteiger partial charge in [0.2, 0.25) is 0 Å². The summed E-state index contributed by atoms with van der Waals surface area (Å²) in [6, 6.07) is 8.89. The number of carbonyl (C=O) groups excluding carboxylic acids is 1. The number of carbonyl (C=O) groups is 1. The highest BCUT2D eigenvalue weighted by atomic mass is 16.2. The summed E-state index contributed by atoms with van der Waals surface area (Å²) < 4.78 is 0. The van der Waals surface area contributed by atoms with E-state index in [1.165, 1.54) is 11.3 Å². The van der Waals surface area contributed by atoms with Crippen LogP contribution in [0.2, 0.25) is 0 Å². The molecule has 0 radical (unpaired) electrons. The monoisotopic (exact) mass is 332 g/mol. The number of nitrogens with one attached hydrogen (secondary N) is 1. The lowest BCUT2D eigenvalue weighted by Gasteiger charge is -2.36. The molecule has 1 aromatic rings. The van der Waals surface area contributed by atoms with E-state index in [4.69, 9.17) is 0 Å². The molecule has 0 bridgehead atoms. The van der Waals surface area contributed by atoms with E-state index in [1.54, 1.807) is 0 Å². The van der Waals surface area contributed by atoms with E-state index in [0.717, 1.165) is 32.7 Å². The molecule has 0 unspecified atom stereocenters. The molecule has 5 heteroatoms. The van der Waals surface area contributed by atoms with Gasteiger partial charge in [0.25, 0.3) is 0 Å². The molecule has 134 valence electrons. The zero-order chi connectivity index (χ0) is 17.7. The number of likely N-dealkylation sites (N-methyl/N-ethyl adjacent to an activating group) is 1. The van der Waals surface area contributed by atoms with Crippen LogP contribution in [0.15, 0.2) is 24.3 Å². The van der Waals surface area contributed by atoms with Crippen LogP contribution in [0.3, 0.4) is 0 Å². The van der Waals surface area contributed by atoms with Crippen molar-refractivity contribution in [2.45, 2.75) is 26.2 Å². The van der Waals surface area contributed by atoms with E-state index in [-0.39, 0.29) is 11.4 Å². The Morgan fingerprint density at radius 2 is 1.67 bits per heavy atom. The summed E-state index contributed by atoms with van der Waals surface area (Å²) in [5.74, 6) is 0. The van der Waals surface area contributed by atoms with E-state index in [2.05, 4.69) is 60.2 Å². The number of anilines is 1. The molecule has 1 heterocycles. The summed E-state index contributed by atoms with van der Waals surface area (Å²) in [4.78, 5) is 18.5. The minimum absolute atomic E-state index is 0.0552. The van der Waals surface area contributed by atoms with Crippen molar-refractivity contribution in [3.63, 3.8) is 0 Å².